The number of carbonyl (C=O) groups excluding carboxylic acids is 1. The van der Waals surface area contributed by atoms with Crippen molar-refractivity contribution in [3.8, 4) is 0 Å². The second kappa shape index (κ2) is 3.90. The summed E-state index contributed by atoms with van der Waals surface area (Å²) in [6, 6.07) is 6.87. The minimum Gasteiger partial charge on any atom is -0.286 e. The molecule has 2 rings (SSSR count). The van der Waals surface area contributed by atoms with Gasteiger partial charge in [0.05, 0.1) is 0 Å². The summed E-state index contributed by atoms with van der Waals surface area (Å²) in [5.74, 6) is -0.0810. The molecule has 0 N–H and O–H groups in total. The predicted molar refractivity (Wildman–Crippen MR) is 57.0 cm³/mol. The molecule has 0 aliphatic heterocycles. The molecular weight excluding hydrogens is 218 g/mol. The van der Waals surface area contributed by atoms with E-state index in [-0.39, 0.29) is 5.78 Å². The second-order valence-corrected chi connectivity index (χ2v) is 4.01. The van der Waals surface area contributed by atoms with Crippen LogP contribution in [0.2, 0.25) is 5.02 Å². The maximum Gasteiger partial charge on any atom is 0.221 e. The van der Waals surface area contributed by atoms with Crippen LogP contribution in [0.25, 0.3) is 0 Å². The topological polar surface area (TPSA) is 30.0 Å². The van der Waals surface area contributed by atoms with Crippen molar-refractivity contribution in [3.63, 3.8) is 0 Å². The van der Waals surface area contributed by atoms with E-state index in [1.165, 1.54) is 11.3 Å². The highest BCUT2D eigenvalue weighted by Crippen LogP contribution is 2.15. The van der Waals surface area contributed by atoms with Gasteiger partial charge in [0.15, 0.2) is 5.01 Å². The molecule has 0 saturated carbocycles. The first kappa shape index (κ1) is 9.37. The summed E-state index contributed by atoms with van der Waals surface area (Å²) in [4.78, 5) is 15.7. The normalized spacial score (nSPS) is 10.1. The number of carbonyl (C=O) groups is 1. The van der Waals surface area contributed by atoms with Crippen molar-refractivity contribution in [1.29, 1.82) is 0 Å². The summed E-state index contributed by atoms with van der Waals surface area (Å²) in [6.07, 6.45) is 1.61. The number of rotatable bonds is 2. The molecule has 0 aliphatic rings. The van der Waals surface area contributed by atoms with Crippen LogP contribution in [0.1, 0.15) is 15.4 Å². The quantitative estimate of drug-likeness (QED) is 0.733. The molecule has 2 aromatic rings. The van der Waals surface area contributed by atoms with E-state index >= 15 is 0 Å². The number of hydrogen-bond acceptors (Lipinski definition) is 3. The summed E-state index contributed by atoms with van der Waals surface area (Å²) >= 11 is 7.11. The smallest absolute Gasteiger partial charge is 0.221 e. The van der Waals surface area contributed by atoms with Crippen LogP contribution in [0, 0.1) is 0 Å². The fraction of sp³-hybridized carbons (Fsp3) is 0. The van der Waals surface area contributed by atoms with Gasteiger partial charge in [-0.1, -0.05) is 23.7 Å². The van der Waals surface area contributed by atoms with Crippen LogP contribution >= 0.6 is 22.9 Å². The molecule has 0 spiro atoms. The number of nitrogens with zero attached hydrogens (tertiary/aromatic N) is 1. The lowest BCUT2D eigenvalue weighted by Gasteiger charge is -1.96. The van der Waals surface area contributed by atoms with E-state index in [4.69, 9.17) is 11.6 Å². The van der Waals surface area contributed by atoms with E-state index in [9.17, 15) is 4.79 Å². The third-order valence-electron chi connectivity index (χ3n) is 1.71. The number of halogens is 1. The molecule has 14 heavy (non-hydrogen) atoms. The van der Waals surface area contributed by atoms with Crippen molar-refractivity contribution in [2.45, 2.75) is 0 Å². The Bertz CT molecular complexity index is 453. The number of ketones is 1. The van der Waals surface area contributed by atoms with Gasteiger partial charge in [-0.2, -0.15) is 0 Å². The molecule has 0 unspecified atom stereocenters. The van der Waals surface area contributed by atoms with Crippen LogP contribution in [0.3, 0.4) is 0 Å². The summed E-state index contributed by atoms with van der Waals surface area (Å²) in [6.45, 7) is 0. The third kappa shape index (κ3) is 1.84. The Morgan fingerprint density at radius 1 is 1.43 bits per heavy atom. The van der Waals surface area contributed by atoms with Gasteiger partial charge in [-0.25, -0.2) is 4.98 Å². The van der Waals surface area contributed by atoms with Gasteiger partial charge in [-0.3, -0.25) is 4.79 Å². The third-order valence-corrected chi connectivity index (χ3v) is 2.72. The molecule has 0 radical (unpaired) electrons. The number of aromatic nitrogens is 1. The SMILES string of the molecule is O=C(c1cccc(Cl)c1)c1nccs1. The predicted octanol–water partition coefficient (Wildman–Crippen LogP) is 3.03. The molecule has 0 atom stereocenters. The minimum atomic E-state index is -0.0810. The van der Waals surface area contributed by atoms with E-state index in [1.54, 1.807) is 35.8 Å². The van der Waals surface area contributed by atoms with Gasteiger partial charge in [-0.15, -0.1) is 11.3 Å². The first-order chi connectivity index (χ1) is 6.77. The second-order valence-electron chi connectivity index (χ2n) is 2.68. The van der Waals surface area contributed by atoms with Gasteiger partial charge >= 0.3 is 0 Å². The first-order valence-corrected chi connectivity index (χ1v) is 5.23. The monoisotopic (exact) mass is 223 g/mol. The lowest BCUT2D eigenvalue weighted by Crippen LogP contribution is -1.99. The van der Waals surface area contributed by atoms with Gasteiger partial charge in [0.2, 0.25) is 5.78 Å². The molecule has 0 fully saturated rings. The van der Waals surface area contributed by atoms with Crippen molar-refractivity contribution in [2.24, 2.45) is 0 Å². The Kier molecular flexibility index (Phi) is 2.61. The van der Waals surface area contributed by atoms with Crippen molar-refractivity contribution < 1.29 is 4.79 Å². The van der Waals surface area contributed by atoms with Crippen molar-refractivity contribution >= 4 is 28.7 Å². The molecule has 0 bridgehead atoms. The zero-order valence-corrected chi connectivity index (χ0v) is 8.68. The molecule has 0 saturated heterocycles. The Labute approximate surface area is 90.2 Å². The number of hydrogen-bond donors (Lipinski definition) is 0. The van der Waals surface area contributed by atoms with Gasteiger partial charge < -0.3 is 0 Å². The highest BCUT2D eigenvalue weighted by Gasteiger charge is 2.11. The standard InChI is InChI=1S/C10H6ClNOS/c11-8-3-1-2-7(6-8)9(13)10-12-4-5-14-10/h1-6H. The molecule has 4 heteroatoms. The molecule has 1 heterocycles. The highest BCUT2D eigenvalue weighted by molar-refractivity contribution is 7.11. The summed E-state index contributed by atoms with van der Waals surface area (Å²) in [7, 11) is 0. The molecule has 2 nitrogen and oxygen atoms in total. The Balaban J connectivity index is 2.37. The van der Waals surface area contributed by atoms with Crippen molar-refractivity contribution in [1.82, 2.24) is 4.98 Å². The maximum absolute atomic E-state index is 11.7. The molecule has 0 amide bonds. The molecule has 1 aromatic carbocycles. The summed E-state index contributed by atoms with van der Waals surface area (Å²) < 4.78 is 0. The van der Waals surface area contributed by atoms with Crippen LogP contribution in [0.15, 0.2) is 35.8 Å². The van der Waals surface area contributed by atoms with Gasteiger partial charge in [0.25, 0.3) is 0 Å². The maximum atomic E-state index is 11.7. The van der Waals surface area contributed by atoms with Gasteiger partial charge in [-0.05, 0) is 12.1 Å². The fourth-order valence-electron chi connectivity index (χ4n) is 1.09. The van der Waals surface area contributed by atoms with E-state index in [2.05, 4.69) is 4.98 Å². The number of thiazole rings is 1. The average molecular weight is 224 g/mol. The van der Waals surface area contributed by atoms with Crippen LogP contribution < -0.4 is 0 Å². The van der Waals surface area contributed by atoms with Gasteiger partial charge in [0.1, 0.15) is 0 Å². The largest absolute Gasteiger partial charge is 0.286 e. The lowest BCUT2D eigenvalue weighted by atomic mass is 10.1. The fourth-order valence-corrected chi connectivity index (χ4v) is 1.88. The van der Waals surface area contributed by atoms with Crippen LogP contribution in [-0.2, 0) is 0 Å². The zero-order chi connectivity index (χ0) is 9.97. The Hall–Kier alpha value is -1.19. The van der Waals surface area contributed by atoms with E-state index in [1.807, 2.05) is 0 Å². The Morgan fingerprint density at radius 3 is 2.93 bits per heavy atom. The van der Waals surface area contributed by atoms with E-state index in [0.29, 0.717) is 15.6 Å². The average Bonchev–Trinajstić information content (AvgIpc) is 2.69. The minimum absolute atomic E-state index is 0.0810. The summed E-state index contributed by atoms with van der Waals surface area (Å²) in [5, 5.41) is 2.83. The van der Waals surface area contributed by atoms with Gasteiger partial charge in [0, 0.05) is 22.2 Å². The Morgan fingerprint density at radius 2 is 2.29 bits per heavy atom. The summed E-state index contributed by atoms with van der Waals surface area (Å²) in [5.41, 5.74) is 0.576. The number of benzene rings is 1. The lowest BCUT2D eigenvalue weighted by molar-refractivity contribution is 0.103. The van der Waals surface area contributed by atoms with Crippen molar-refractivity contribution in [3.05, 3.63) is 51.4 Å². The van der Waals surface area contributed by atoms with Crippen LogP contribution in [0.5, 0.6) is 0 Å². The van der Waals surface area contributed by atoms with Crippen molar-refractivity contribution in [2.75, 3.05) is 0 Å². The van der Waals surface area contributed by atoms with E-state index in [0.717, 1.165) is 0 Å². The zero-order valence-electron chi connectivity index (χ0n) is 7.11. The highest BCUT2D eigenvalue weighted by atomic mass is 35.5. The first-order valence-electron chi connectivity index (χ1n) is 3.97. The van der Waals surface area contributed by atoms with E-state index < -0.39 is 0 Å². The molecule has 70 valence electrons. The molecule has 1 aromatic heterocycles. The molecule has 0 aliphatic carbocycles. The molecular formula is C10H6ClNOS. The van der Waals surface area contributed by atoms with Crippen LogP contribution in [0.4, 0.5) is 0 Å². The van der Waals surface area contributed by atoms with Crippen LogP contribution in [-0.4, -0.2) is 10.8 Å².